The number of aliphatic hydroxyl groups is 1. The number of benzene rings is 4. The molecule has 2 saturated heterocycles. The molecule has 14 heteroatoms. The van der Waals surface area contributed by atoms with Crippen LogP contribution in [0.5, 0.6) is 17.2 Å². The van der Waals surface area contributed by atoms with Crippen LogP contribution in [0, 0.1) is 16.0 Å². The Balaban J connectivity index is 0.000000139. The number of likely N-dealkylation sites (tertiary alicyclic amines) is 2. The largest absolute Gasteiger partial charge is 0.508 e. The lowest BCUT2D eigenvalue weighted by atomic mass is 9.53. The summed E-state index contributed by atoms with van der Waals surface area (Å²) in [7, 11) is 5.99. The Labute approximate surface area is 399 Å². The summed E-state index contributed by atoms with van der Waals surface area (Å²) in [5, 5.41) is 32.0. The van der Waals surface area contributed by atoms with Crippen molar-refractivity contribution in [1.29, 1.82) is 0 Å². The number of piperidine rings is 2. The molecule has 67 heavy (non-hydrogen) atoms. The van der Waals surface area contributed by atoms with Crippen LogP contribution in [0.15, 0.2) is 91.0 Å². The number of likely N-dealkylation sites (N-methyl/N-ethyl adjacent to an activating group) is 2. The van der Waals surface area contributed by atoms with Gasteiger partial charge in [0.2, 0.25) is 0 Å². The third-order valence-corrected chi connectivity index (χ3v) is 15.5. The number of carbonyl (C=O) groups excluding carboxylic acids is 1. The summed E-state index contributed by atoms with van der Waals surface area (Å²) < 4.78 is 14.0. The highest BCUT2D eigenvalue weighted by Crippen LogP contribution is 2.62. The SMILES string of the molecule is CCC(=O)C1(c2cccc(O)c2)CCN(C)CC1.CCN(CC)CCn1c(Cc2ccc(Cl)cc2)nc2cc([N+](=O)[O-])ccc21.COc1ccc2c3c1O[C@H]1[C@@H](O)C=C[C@H]4[C@@H](C2)N(C)CC[C@@]341. The molecule has 2 bridgehead atoms. The minimum Gasteiger partial charge on any atom is -0.508 e. The average Bonchev–Trinajstić information content (AvgIpc) is 3.87. The highest BCUT2D eigenvalue weighted by atomic mass is 35.5. The number of methoxy groups -OCH3 is 1. The zero-order valence-corrected chi connectivity index (χ0v) is 40.4. The van der Waals surface area contributed by atoms with Gasteiger partial charge in [-0.05, 0) is 126 Å². The van der Waals surface area contributed by atoms with Crippen molar-refractivity contribution in [2.45, 2.75) is 94.9 Å². The number of aromatic nitrogens is 2. The van der Waals surface area contributed by atoms with E-state index in [0.29, 0.717) is 41.1 Å². The topological polar surface area (TPSA) is 147 Å². The van der Waals surface area contributed by atoms with E-state index in [1.54, 1.807) is 37.4 Å². The lowest BCUT2D eigenvalue weighted by Gasteiger charge is -2.56. The molecular weight excluding hydrogens is 868 g/mol. The van der Waals surface area contributed by atoms with Crippen LogP contribution in [0.3, 0.4) is 0 Å². The Bertz CT molecular complexity index is 2600. The molecule has 5 atom stereocenters. The number of halogens is 1. The smallest absolute Gasteiger partial charge is 0.271 e. The Hall–Kier alpha value is -5.31. The molecule has 5 aliphatic rings. The second-order valence-corrected chi connectivity index (χ2v) is 19.2. The normalized spacial score (nSPS) is 23.4. The van der Waals surface area contributed by atoms with Crippen LogP contribution in [0.25, 0.3) is 11.0 Å². The number of phenolic OH excluding ortho intramolecular Hbond substituents is 1. The van der Waals surface area contributed by atoms with Gasteiger partial charge in [0.15, 0.2) is 11.5 Å². The van der Waals surface area contributed by atoms with Gasteiger partial charge >= 0.3 is 0 Å². The van der Waals surface area contributed by atoms with E-state index < -0.39 is 6.10 Å². The van der Waals surface area contributed by atoms with Crippen molar-refractivity contribution in [3.05, 3.63) is 134 Å². The van der Waals surface area contributed by atoms with Gasteiger partial charge in [0.25, 0.3) is 5.69 Å². The lowest BCUT2D eigenvalue weighted by Crippen LogP contribution is -2.64. The number of ether oxygens (including phenoxy) is 2. The second-order valence-electron chi connectivity index (χ2n) is 18.8. The van der Waals surface area contributed by atoms with Gasteiger partial charge in [-0.3, -0.25) is 14.9 Å². The molecule has 1 aromatic heterocycles. The van der Waals surface area contributed by atoms with E-state index in [4.69, 9.17) is 26.1 Å². The number of nitro groups is 1. The first-order chi connectivity index (χ1) is 32.3. The molecular formula is C53H65ClN6O7. The number of nitro benzene ring substituents is 1. The molecule has 10 rings (SSSR count). The summed E-state index contributed by atoms with van der Waals surface area (Å²) >= 11 is 5.98. The number of rotatable bonds is 12. The highest BCUT2D eigenvalue weighted by molar-refractivity contribution is 6.30. The molecule has 5 aromatic rings. The number of fused-ring (bicyclic) bond motifs is 1. The van der Waals surface area contributed by atoms with Gasteiger partial charge in [-0.2, -0.15) is 0 Å². The average molecular weight is 934 g/mol. The van der Waals surface area contributed by atoms with Crippen LogP contribution >= 0.6 is 11.6 Å². The van der Waals surface area contributed by atoms with E-state index in [1.165, 1.54) is 11.1 Å². The fourth-order valence-corrected chi connectivity index (χ4v) is 11.6. The molecule has 0 radical (unpaired) electrons. The van der Waals surface area contributed by atoms with E-state index in [-0.39, 0.29) is 33.3 Å². The number of hydrogen-bond donors (Lipinski definition) is 2. The number of hydrogen-bond acceptors (Lipinski definition) is 11. The molecule has 2 fully saturated rings. The summed E-state index contributed by atoms with van der Waals surface area (Å²) in [5.74, 6) is 3.53. The maximum atomic E-state index is 12.4. The molecule has 2 N–H and O–H groups in total. The van der Waals surface area contributed by atoms with Gasteiger partial charge in [-0.1, -0.05) is 74.9 Å². The second kappa shape index (κ2) is 20.1. The number of Topliss-reactive ketones (excluding diaryl/α,β-unsaturated/α-hetero) is 1. The molecule has 0 unspecified atom stereocenters. The predicted molar refractivity (Wildman–Crippen MR) is 263 cm³/mol. The number of aromatic hydroxyl groups is 1. The van der Waals surface area contributed by atoms with Crippen LogP contribution in [0.1, 0.15) is 74.5 Å². The molecule has 4 aromatic carbocycles. The zero-order valence-electron chi connectivity index (χ0n) is 39.7. The monoisotopic (exact) mass is 932 g/mol. The molecule has 1 spiro atoms. The third kappa shape index (κ3) is 9.21. The molecule has 0 saturated carbocycles. The van der Waals surface area contributed by atoms with Gasteiger partial charge in [-0.15, -0.1) is 0 Å². The number of non-ortho nitro benzene ring substituents is 1. The van der Waals surface area contributed by atoms with Gasteiger partial charge in [0.1, 0.15) is 29.6 Å². The maximum absolute atomic E-state index is 12.4. The first-order valence-corrected chi connectivity index (χ1v) is 24.2. The molecule has 3 aliphatic heterocycles. The lowest BCUT2D eigenvalue weighted by molar-refractivity contribution is -0.384. The van der Waals surface area contributed by atoms with Crippen LogP contribution in [0.4, 0.5) is 5.69 Å². The standard InChI is InChI=1S/C20H23ClN4O2.C18H21NO3.C15H21NO2/c1-3-23(4-2)11-12-24-19-10-9-17(25(26)27)14-18(19)22-20(24)13-15-5-7-16(21)8-6-15;1-19-8-7-18-11-4-5-13(20)17(18)22-16-14(21-2)6-3-10(15(16)18)9-12(11)19;1-3-14(18)15(7-9-16(2)10-8-15)12-5-4-6-13(17)11-12/h5-10,14H,3-4,11-13H2,1-2H3;3-6,11-13,17,20H,7-9H2,1-2H3;4-6,11,17H,3,7-10H2,1-2H3/t;11-,12+,13-,17-,18-;/m.0./s1. The van der Waals surface area contributed by atoms with Crippen LogP contribution in [0.2, 0.25) is 5.02 Å². The Morgan fingerprint density at radius 2 is 1.73 bits per heavy atom. The molecule has 356 valence electrons. The van der Waals surface area contributed by atoms with Gasteiger partial charge in [-0.25, -0.2) is 4.98 Å². The van der Waals surface area contributed by atoms with E-state index in [9.17, 15) is 25.1 Å². The fourth-order valence-electron chi connectivity index (χ4n) is 11.5. The zero-order chi connectivity index (χ0) is 47.6. The van der Waals surface area contributed by atoms with Crippen molar-refractivity contribution in [3.63, 3.8) is 0 Å². The Kier molecular flexibility index (Phi) is 14.5. The van der Waals surface area contributed by atoms with Crippen molar-refractivity contribution < 1.29 is 29.4 Å². The number of aliphatic hydroxyl groups excluding tert-OH is 1. The van der Waals surface area contributed by atoms with Crippen molar-refractivity contribution in [3.8, 4) is 17.2 Å². The number of imidazole rings is 1. The first-order valence-electron chi connectivity index (χ1n) is 23.8. The Morgan fingerprint density at radius 1 is 0.985 bits per heavy atom. The minimum absolute atomic E-state index is 0.0638. The van der Waals surface area contributed by atoms with Crippen LogP contribution in [-0.2, 0) is 35.0 Å². The summed E-state index contributed by atoms with van der Waals surface area (Å²) in [5.41, 5.74) is 5.94. The molecule has 13 nitrogen and oxygen atoms in total. The summed E-state index contributed by atoms with van der Waals surface area (Å²) in [6.07, 6.45) is 8.44. The summed E-state index contributed by atoms with van der Waals surface area (Å²) in [6.45, 7) is 12.8. The van der Waals surface area contributed by atoms with Crippen molar-refractivity contribution >= 4 is 34.1 Å². The van der Waals surface area contributed by atoms with Crippen molar-refractivity contribution in [1.82, 2.24) is 24.3 Å². The number of ketones is 1. The number of nitrogens with zero attached hydrogens (tertiary/aromatic N) is 6. The molecule has 0 amide bonds. The fraction of sp³-hybridized carbons (Fsp3) is 0.472. The third-order valence-electron chi connectivity index (χ3n) is 15.3. The molecule has 4 heterocycles. The van der Waals surface area contributed by atoms with Crippen molar-refractivity contribution in [2.24, 2.45) is 5.92 Å². The van der Waals surface area contributed by atoms with Crippen LogP contribution in [-0.4, -0.2) is 124 Å². The van der Waals surface area contributed by atoms with Gasteiger partial charge < -0.3 is 39.0 Å². The minimum atomic E-state index is -0.539. The van der Waals surface area contributed by atoms with Gasteiger partial charge in [0, 0.05) is 66.0 Å². The predicted octanol–water partition coefficient (Wildman–Crippen LogP) is 8.37. The number of carbonyl (C=O) groups is 1. The van der Waals surface area contributed by atoms with E-state index in [0.717, 1.165) is 105 Å². The van der Waals surface area contributed by atoms with Crippen LogP contribution < -0.4 is 9.47 Å². The van der Waals surface area contributed by atoms with E-state index >= 15 is 0 Å². The Morgan fingerprint density at radius 3 is 2.40 bits per heavy atom. The quantitative estimate of drug-likeness (QED) is 0.0707. The number of phenols is 1. The highest BCUT2D eigenvalue weighted by Gasteiger charge is 2.64. The van der Waals surface area contributed by atoms with E-state index in [2.05, 4.69) is 59.4 Å². The van der Waals surface area contributed by atoms with E-state index in [1.807, 2.05) is 55.5 Å². The molecule has 2 aliphatic carbocycles. The first kappa shape index (κ1) is 48.2. The summed E-state index contributed by atoms with van der Waals surface area (Å²) in [4.78, 5) is 34.9. The van der Waals surface area contributed by atoms with Crippen molar-refractivity contribution in [2.75, 3.05) is 60.5 Å². The maximum Gasteiger partial charge on any atom is 0.271 e. The van der Waals surface area contributed by atoms with Gasteiger partial charge in [0.05, 0.1) is 28.5 Å². The summed E-state index contributed by atoms with van der Waals surface area (Å²) in [6, 6.07) is 24.5.